The molecule has 1 aliphatic carbocycles. The van der Waals surface area contributed by atoms with E-state index < -0.39 is 47.8 Å². The van der Waals surface area contributed by atoms with Crippen molar-refractivity contribution < 1.29 is 29.6 Å². The fourth-order valence-electron chi connectivity index (χ4n) is 4.21. The summed E-state index contributed by atoms with van der Waals surface area (Å²) in [5.74, 6) is -3.11. The Balaban J connectivity index is 1.66. The second kappa shape index (κ2) is 5.76. The number of ether oxygens (including phenoxy) is 1. The number of aromatic amines is 1. The Kier molecular flexibility index (Phi) is 3.71. The Labute approximate surface area is 150 Å². The van der Waals surface area contributed by atoms with Gasteiger partial charge in [-0.05, 0) is 18.8 Å². The van der Waals surface area contributed by atoms with Crippen LogP contribution in [0.5, 0.6) is 0 Å². The van der Waals surface area contributed by atoms with Gasteiger partial charge in [0, 0.05) is 0 Å². The molecule has 144 valence electrons. The Hall–Kier alpha value is -2.99. The number of fused-ring (bicyclic) bond motifs is 2. The van der Waals surface area contributed by atoms with Gasteiger partial charge in [-0.2, -0.15) is 4.98 Å². The first kappa shape index (κ1) is 17.4. The van der Waals surface area contributed by atoms with Gasteiger partial charge in [0.15, 0.2) is 16.8 Å². The minimum atomic E-state index is -1.86. The first-order valence-corrected chi connectivity index (χ1v) is 8.25. The fraction of sp³-hybridized carbons (Fsp3) is 0.533. The SMILES string of the molecule is Nc1nc2c(ncn2C2CC3CC(CC(=O)O)(C(=O)O)OC3C2O)c(=O)[nH]1. The number of nitrogens with two attached hydrogens (primary N) is 1. The first-order valence-electron chi connectivity index (χ1n) is 8.25. The van der Waals surface area contributed by atoms with Gasteiger partial charge in [-0.25, -0.2) is 9.78 Å². The molecule has 5 atom stereocenters. The quantitative estimate of drug-likeness (QED) is 0.426. The molecule has 5 unspecified atom stereocenters. The molecule has 1 saturated heterocycles. The molecule has 0 aromatic carbocycles. The van der Waals surface area contributed by atoms with Crippen LogP contribution in [-0.2, 0) is 14.3 Å². The third kappa shape index (κ3) is 2.56. The van der Waals surface area contributed by atoms with Gasteiger partial charge < -0.3 is 30.4 Å². The first-order chi connectivity index (χ1) is 12.7. The van der Waals surface area contributed by atoms with Crippen LogP contribution in [0.15, 0.2) is 11.1 Å². The van der Waals surface area contributed by atoms with Gasteiger partial charge in [-0.15, -0.1) is 0 Å². The molecule has 2 aromatic heterocycles. The number of aliphatic carboxylic acids is 2. The van der Waals surface area contributed by atoms with Gasteiger partial charge in [0.05, 0.1) is 24.9 Å². The Morgan fingerprint density at radius 1 is 1.44 bits per heavy atom. The molecule has 0 spiro atoms. The van der Waals surface area contributed by atoms with Crippen molar-refractivity contribution in [1.82, 2.24) is 19.5 Å². The molecular formula is C15H17N5O7. The molecule has 2 aliphatic rings. The van der Waals surface area contributed by atoms with Crippen LogP contribution < -0.4 is 11.3 Å². The van der Waals surface area contributed by atoms with Crippen molar-refractivity contribution in [2.75, 3.05) is 5.73 Å². The predicted octanol–water partition coefficient (Wildman–Crippen LogP) is -1.29. The van der Waals surface area contributed by atoms with Crippen LogP contribution in [0.2, 0.25) is 0 Å². The molecule has 27 heavy (non-hydrogen) atoms. The summed E-state index contributed by atoms with van der Waals surface area (Å²) < 4.78 is 7.09. The average molecular weight is 379 g/mol. The summed E-state index contributed by atoms with van der Waals surface area (Å²) in [6.45, 7) is 0. The fourth-order valence-corrected chi connectivity index (χ4v) is 4.21. The van der Waals surface area contributed by atoms with Gasteiger partial charge >= 0.3 is 11.9 Å². The number of nitrogens with one attached hydrogen (secondary N) is 1. The largest absolute Gasteiger partial charge is 0.481 e. The molecule has 12 heteroatoms. The zero-order chi connectivity index (χ0) is 19.5. The van der Waals surface area contributed by atoms with Gasteiger partial charge in [0.1, 0.15) is 6.10 Å². The van der Waals surface area contributed by atoms with Crippen molar-refractivity contribution in [3.8, 4) is 0 Å². The second-order valence-electron chi connectivity index (χ2n) is 6.99. The lowest BCUT2D eigenvalue weighted by atomic mass is 9.89. The number of carboxylic acid groups (broad SMARTS) is 2. The number of nitrogen functional groups attached to an aromatic ring is 1. The number of anilines is 1. The van der Waals surface area contributed by atoms with Crippen LogP contribution in [0.25, 0.3) is 11.2 Å². The molecule has 1 saturated carbocycles. The van der Waals surface area contributed by atoms with E-state index in [0.29, 0.717) is 6.42 Å². The summed E-state index contributed by atoms with van der Waals surface area (Å²) >= 11 is 0. The maximum absolute atomic E-state index is 11.9. The van der Waals surface area contributed by atoms with E-state index in [2.05, 4.69) is 15.0 Å². The molecule has 4 rings (SSSR count). The maximum atomic E-state index is 11.9. The Morgan fingerprint density at radius 3 is 2.81 bits per heavy atom. The summed E-state index contributed by atoms with van der Waals surface area (Å²) in [4.78, 5) is 45.0. The number of H-pyrrole nitrogens is 1. The number of hydrogen-bond acceptors (Lipinski definition) is 8. The minimum absolute atomic E-state index is 0.0321. The minimum Gasteiger partial charge on any atom is -0.481 e. The molecule has 0 amide bonds. The van der Waals surface area contributed by atoms with E-state index in [1.165, 1.54) is 10.9 Å². The molecule has 1 aliphatic heterocycles. The lowest BCUT2D eigenvalue weighted by Gasteiger charge is -2.27. The van der Waals surface area contributed by atoms with E-state index in [-0.39, 0.29) is 29.5 Å². The molecular weight excluding hydrogens is 362 g/mol. The van der Waals surface area contributed by atoms with Gasteiger partial charge in [-0.1, -0.05) is 0 Å². The van der Waals surface area contributed by atoms with Crippen molar-refractivity contribution in [3.63, 3.8) is 0 Å². The van der Waals surface area contributed by atoms with Crippen LogP contribution in [0.3, 0.4) is 0 Å². The molecule has 0 radical (unpaired) electrons. The van der Waals surface area contributed by atoms with Gasteiger partial charge in [0.25, 0.3) is 5.56 Å². The zero-order valence-corrected chi connectivity index (χ0v) is 13.9. The topological polar surface area (TPSA) is 194 Å². The number of aliphatic hydroxyl groups is 1. The van der Waals surface area contributed by atoms with Crippen LogP contribution in [0.4, 0.5) is 5.95 Å². The number of hydrogen-bond donors (Lipinski definition) is 5. The zero-order valence-electron chi connectivity index (χ0n) is 13.9. The van der Waals surface area contributed by atoms with Crippen LogP contribution in [0, 0.1) is 5.92 Å². The number of imidazole rings is 1. The summed E-state index contributed by atoms with van der Waals surface area (Å²) in [5, 5.41) is 29.2. The van der Waals surface area contributed by atoms with Crippen LogP contribution in [0.1, 0.15) is 25.3 Å². The third-order valence-corrected chi connectivity index (χ3v) is 5.33. The average Bonchev–Trinajstić information content (AvgIpc) is 3.20. The normalized spacial score (nSPS) is 32.6. The summed E-state index contributed by atoms with van der Waals surface area (Å²) in [6.07, 6.45) is -1.00. The van der Waals surface area contributed by atoms with Gasteiger partial charge in [-0.3, -0.25) is 14.6 Å². The van der Waals surface area contributed by atoms with Gasteiger partial charge in [0.2, 0.25) is 5.95 Å². The highest BCUT2D eigenvalue weighted by Gasteiger charge is 2.59. The molecule has 3 heterocycles. The van der Waals surface area contributed by atoms with Crippen molar-refractivity contribution >= 4 is 29.1 Å². The van der Waals surface area contributed by atoms with E-state index in [1.807, 2.05) is 0 Å². The van der Waals surface area contributed by atoms with Crippen molar-refractivity contribution in [2.24, 2.45) is 5.92 Å². The molecule has 12 nitrogen and oxygen atoms in total. The number of carbonyl (C=O) groups is 2. The summed E-state index contributed by atoms with van der Waals surface area (Å²) in [6, 6.07) is -0.560. The summed E-state index contributed by atoms with van der Waals surface area (Å²) in [7, 11) is 0. The lowest BCUT2D eigenvalue weighted by molar-refractivity contribution is -0.175. The standard InChI is InChI=1S/C15H17N5O7/c16-14-18-11-8(12(24)19-14)17-4-20(11)6-1-5-2-15(13(25)26,3-7(21)22)27-10(5)9(6)23/h4-6,9-10,23H,1-3H2,(H,21,22)(H,25,26)(H3,16,18,19,24). The van der Waals surface area contributed by atoms with E-state index in [0.717, 1.165) is 0 Å². The lowest BCUT2D eigenvalue weighted by Crippen LogP contribution is -2.43. The van der Waals surface area contributed by atoms with Crippen LogP contribution in [-0.4, -0.2) is 64.6 Å². The maximum Gasteiger partial charge on any atom is 0.336 e. The highest BCUT2D eigenvalue weighted by molar-refractivity contribution is 5.84. The molecule has 0 bridgehead atoms. The summed E-state index contributed by atoms with van der Waals surface area (Å²) in [5.41, 5.74) is 3.49. The number of aliphatic hydroxyl groups excluding tert-OH is 1. The second-order valence-corrected chi connectivity index (χ2v) is 6.99. The number of aromatic nitrogens is 4. The van der Waals surface area contributed by atoms with E-state index in [1.54, 1.807) is 0 Å². The highest BCUT2D eigenvalue weighted by Crippen LogP contribution is 2.50. The van der Waals surface area contributed by atoms with Crippen molar-refractivity contribution in [2.45, 2.75) is 43.1 Å². The van der Waals surface area contributed by atoms with Crippen molar-refractivity contribution in [1.29, 1.82) is 0 Å². The van der Waals surface area contributed by atoms with E-state index in [4.69, 9.17) is 15.6 Å². The smallest absolute Gasteiger partial charge is 0.336 e. The van der Waals surface area contributed by atoms with Crippen LogP contribution >= 0.6 is 0 Å². The number of rotatable bonds is 4. The Bertz CT molecular complexity index is 1000. The monoisotopic (exact) mass is 379 g/mol. The van der Waals surface area contributed by atoms with E-state index >= 15 is 0 Å². The highest BCUT2D eigenvalue weighted by atomic mass is 16.6. The number of nitrogens with zero attached hydrogens (tertiary/aromatic N) is 3. The number of carboxylic acids is 2. The molecule has 2 fully saturated rings. The predicted molar refractivity (Wildman–Crippen MR) is 87.8 cm³/mol. The molecule has 6 N–H and O–H groups in total. The third-order valence-electron chi connectivity index (χ3n) is 5.33. The van der Waals surface area contributed by atoms with Crippen molar-refractivity contribution in [3.05, 3.63) is 16.7 Å². The van der Waals surface area contributed by atoms with E-state index in [9.17, 15) is 24.6 Å². The molecule has 2 aromatic rings. The Morgan fingerprint density at radius 2 is 2.19 bits per heavy atom.